The molecule has 1 aromatic carbocycles. The van der Waals surface area contributed by atoms with Gasteiger partial charge in [0.2, 0.25) is 5.91 Å². The summed E-state index contributed by atoms with van der Waals surface area (Å²) in [6, 6.07) is 6.08. The van der Waals surface area contributed by atoms with Crippen LogP contribution in [-0.2, 0) is 4.79 Å². The van der Waals surface area contributed by atoms with E-state index >= 15 is 0 Å². The van der Waals surface area contributed by atoms with Crippen molar-refractivity contribution in [3.63, 3.8) is 0 Å². The van der Waals surface area contributed by atoms with Crippen molar-refractivity contribution in [3.05, 3.63) is 28.8 Å². The van der Waals surface area contributed by atoms with Crippen LogP contribution in [0.25, 0.3) is 0 Å². The highest BCUT2D eigenvalue weighted by Crippen LogP contribution is 2.21. The third-order valence-corrected chi connectivity index (χ3v) is 2.92. The fourth-order valence-corrected chi connectivity index (χ4v) is 1.80. The van der Waals surface area contributed by atoms with Gasteiger partial charge in [0.1, 0.15) is 0 Å². The molecule has 0 unspecified atom stereocenters. The van der Waals surface area contributed by atoms with Crippen LogP contribution in [0.3, 0.4) is 0 Å². The van der Waals surface area contributed by atoms with Gasteiger partial charge in [-0.25, -0.2) is 4.79 Å². The number of hydrogen-bond acceptors (Lipinski definition) is 4. The van der Waals surface area contributed by atoms with Crippen molar-refractivity contribution in [2.24, 2.45) is 0 Å². The number of nitriles is 1. The van der Waals surface area contributed by atoms with E-state index in [0.29, 0.717) is 0 Å². The number of hydrogen-bond donors (Lipinski definition) is 2. The van der Waals surface area contributed by atoms with Crippen LogP contribution in [0.2, 0.25) is 5.02 Å². The van der Waals surface area contributed by atoms with Gasteiger partial charge in [0, 0.05) is 5.02 Å². The molecule has 0 atom stereocenters. The highest BCUT2D eigenvalue weighted by molar-refractivity contribution is 8.00. The van der Waals surface area contributed by atoms with Crippen molar-refractivity contribution in [3.8, 4) is 6.07 Å². The molecule has 0 saturated heterocycles. The maximum atomic E-state index is 11.5. The highest BCUT2D eigenvalue weighted by atomic mass is 35.5. The average molecular weight is 285 g/mol. The maximum Gasteiger partial charge on any atom is 0.337 e. The molecule has 1 aromatic rings. The minimum absolute atomic E-state index is 0.0684. The number of rotatable bonds is 5. The zero-order chi connectivity index (χ0) is 13.5. The van der Waals surface area contributed by atoms with Crippen LogP contribution in [-0.4, -0.2) is 28.5 Å². The molecular weight excluding hydrogens is 276 g/mol. The second kappa shape index (κ2) is 6.89. The Morgan fingerprint density at radius 1 is 1.50 bits per heavy atom. The summed E-state index contributed by atoms with van der Waals surface area (Å²) in [6.45, 7) is 0. The molecule has 1 rings (SSSR count). The summed E-state index contributed by atoms with van der Waals surface area (Å²) in [4.78, 5) is 22.4. The molecule has 0 aliphatic rings. The lowest BCUT2D eigenvalue weighted by Gasteiger charge is -2.08. The van der Waals surface area contributed by atoms with Crippen molar-refractivity contribution in [2.75, 3.05) is 16.8 Å². The first-order chi connectivity index (χ1) is 8.54. The summed E-state index contributed by atoms with van der Waals surface area (Å²) >= 11 is 6.84. The molecule has 7 heteroatoms. The molecule has 0 fully saturated rings. The van der Waals surface area contributed by atoms with E-state index in [4.69, 9.17) is 22.0 Å². The summed E-state index contributed by atoms with van der Waals surface area (Å²) in [6.07, 6.45) is 0. The smallest absolute Gasteiger partial charge is 0.337 e. The first-order valence-corrected chi connectivity index (χ1v) is 6.35. The number of amides is 1. The lowest BCUT2D eigenvalue weighted by atomic mass is 10.2. The van der Waals surface area contributed by atoms with Crippen molar-refractivity contribution in [1.29, 1.82) is 5.26 Å². The Hall–Kier alpha value is -1.71. The third-order valence-electron chi connectivity index (χ3n) is 1.89. The number of benzene rings is 1. The maximum absolute atomic E-state index is 11.5. The lowest BCUT2D eigenvalue weighted by molar-refractivity contribution is -0.113. The summed E-state index contributed by atoms with van der Waals surface area (Å²) in [5, 5.41) is 20.0. The Balaban J connectivity index is 2.75. The fraction of sp³-hybridized carbons (Fsp3) is 0.182. The largest absolute Gasteiger partial charge is 0.478 e. The van der Waals surface area contributed by atoms with Crippen LogP contribution in [0.1, 0.15) is 10.4 Å². The van der Waals surface area contributed by atoms with E-state index in [1.807, 2.05) is 6.07 Å². The lowest BCUT2D eigenvalue weighted by Crippen LogP contribution is -2.16. The number of carbonyl (C=O) groups is 2. The quantitative estimate of drug-likeness (QED) is 0.809. The van der Waals surface area contributed by atoms with E-state index in [9.17, 15) is 9.59 Å². The Morgan fingerprint density at radius 3 is 2.83 bits per heavy atom. The molecule has 0 aliphatic carbocycles. The normalized spacial score (nSPS) is 9.56. The Morgan fingerprint density at radius 2 is 2.22 bits per heavy atom. The van der Waals surface area contributed by atoms with E-state index in [0.717, 1.165) is 11.8 Å². The molecule has 0 heterocycles. The van der Waals surface area contributed by atoms with Gasteiger partial charge in [-0.3, -0.25) is 4.79 Å². The van der Waals surface area contributed by atoms with E-state index in [1.165, 1.54) is 18.2 Å². The van der Waals surface area contributed by atoms with Crippen LogP contribution >= 0.6 is 23.4 Å². The van der Waals surface area contributed by atoms with Crippen molar-refractivity contribution in [1.82, 2.24) is 0 Å². The van der Waals surface area contributed by atoms with E-state index in [1.54, 1.807) is 0 Å². The molecule has 1 amide bonds. The number of carboxylic acid groups (broad SMARTS) is 1. The van der Waals surface area contributed by atoms with Crippen LogP contribution in [0.15, 0.2) is 18.2 Å². The van der Waals surface area contributed by atoms with Crippen LogP contribution in [0.4, 0.5) is 5.69 Å². The number of aromatic carboxylic acids is 1. The Kier molecular flexibility index (Phi) is 5.49. The summed E-state index contributed by atoms with van der Waals surface area (Å²) in [7, 11) is 0. The third kappa shape index (κ3) is 4.28. The number of carbonyl (C=O) groups excluding carboxylic acids is 1. The standard InChI is InChI=1S/C11H9ClN2O3S/c12-7-1-2-9(8(5-7)11(16)17)14-10(15)6-18-4-3-13/h1-2,5H,4,6H2,(H,14,15)(H,16,17). The predicted molar refractivity (Wildman–Crippen MR) is 70.0 cm³/mol. The van der Waals surface area contributed by atoms with Gasteiger partial charge in [-0.05, 0) is 18.2 Å². The number of nitrogens with one attached hydrogen (secondary N) is 1. The molecule has 0 saturated carbocycles. The molecule has 0 radical (unpaired) electrons. The zero-order valence-electron chi connectivity index (χ0n) is 9.14. The van der Waals surface area contributed by atoms with E-state index in [-0.39, 0.29) is 33.7 Å². The molecule has 94 valence electrons. The Bertz CT molecular complexity index is 514. The van der Waals surface area contributed by atoms with Crippen molar-refractivity contribution in [2.45, 2.75) is 0 Å². The van der Waals surface area contributed by atoms with Gasteiger partial charge in [0.05, 0.1) is 28.8 Å². The molecule has 0 spiro atoms. The molecular formula is C11H9ClN2O3S. The monoisotopic (exact) mass is 284 g/mol. The Labute approximate surface area is 113 Å². The van der Waals surface area contributed by atoms with Crippen LogP contribution in [0, 0.1) is 11.3 Å². The van der Waals surface area contributed by atoms with E-state index in [2.05, 4.69) is 5.32 Å². The van der Waals surface area contributed by atoms with E-state index < -0.39 is 5.97 Å². The number of thioether (sulfide) groups is 1. The average Bonchev–Trinajstić information content (AvgIpc) is 2.31. The van der Waals surface area contributed by atoms with Gasteiger partial charge in [0.25, 0.3) is 0 Å². The SMILES string of the molecule is N#CCSCC(=O)Nc1ccc(Cl)cc1C(=O)O. The van der Waals surface area contributed by atoms with Crippen LogP contribution in [0.5, 0.6) is 0 Å². The van der Waals surface area contributed by atoms with Gasteiger partial charge in [0.15, 0.2) is 0 Å². The minimum Gasteiger partial charge on any atom is -0.478 e. The van der Waals surface area contributed by atoms with Crippen LogP contribution < -0.4 is 5.32 Å². The van der Waals surface area contributed by atoms with Gasteiger partial charge in [-0.15, -0.1) is 11.8 Å². The second-order valence-corrected chi connectivity index (χ2v) is 4.62. The highest BCUT2D eigenvalue weighted by Gasteiger charge is 2.12. The van der Waals surface area contributed by atoms with Crippen molar-refractivity contribution < 1.29 is 14.7 Å². The predicted octanol–water partition coefficient (Wildman–Crippen LogP) is 2.23. The molecule has 5 nitrogen and oxygen atoms in total. The summed E-state index contributed by atoms with van der Waals surface area (Å²) < 4.78 is 0. The second-order valence-electron chi connectivity index (χ2n) is 3.19. The molecule has 0 bridgehead atoms. The summed E-state index contributed by atoms with van der Waals surface area (Å²) in [5.41, 5.74) is 0.121. The number of halogens is 1. The summed E-state index contributed by atoms with van der Waals surface area (Å²) in [5.74, 6) is -1.23. The van der Waals surface area contributed by atoms with Gasteiger partial charge in [-0.2, -0.15) is 5.26 Å². The number of carboxylic acids is 1. The van der Waals surface area contributed by atoms with Gasteiger partial charge >= 0.3 is 5.97 Å². The molecule has 0 aliphatic heterocycles. The number of anilines is 1. The van der Waals surface area contributed by atoms with Crippen molar-refractivity contribution >= 4 is 40.9 Å². The topological polar surface area (TPSA) is 90.2 Å². The molecule has 0 aromatic heterocycles. The first kappa shape index (κ1) is 14.4. The number of nitrogens with zero attached hydrogens (tertiary/aromatic N) is 1. The minimum atomic E-state index is -1.17. The molecule has 2 N–H and O–H groups in total. The van der Waals surface area contributed by atoms with Gasteiger partial charge < -0.3 is 10.4 Å². The first-order valence-electron chi connectivity index (χ1n) is 4.82. The fourth-order valence-electron chi connectivity index (χ4n) is 1.18. The molecule has 18 heavy (non-hydrogen) atoms. The zero-order valence-corrected chi connectivity index (χ0v) is 10.7. The van der Waals surface area contributed by atoms with Gasteiger partial charge in [-0.1, -0.05) is 11.6 Å².